The molecule has 1 N–H and O–H groups in total. The second kappa shape index (κ2) is 4.79. The van der Waals surface area contributed by atoms with Crippen LogP contribution in [0, 0.1) is 11.3 Å². The van der Waals surface area contributed by atoms with E-state index in [1.165, 1.54) is 19.3 Å². The van der Waals surface area contributed by atoms with Crippen LogP contribution in [0.25, 0.3) is 5.65 Å². The molecule has 1 saturated heterocycles. The Kier molecular flexibility index (Phi) is 2.99. The molecule has 0 amide bonds. The summed E-state index contributed by atoms with van der Waals surface area (Å²) in [4.78, 5) is 4.58. The lowest BCUT2D eigenvalue weighted by Gasteiger charge is -2.22. The summed E-state index contributed by atoms with van der Waals surface area (Å²) in [5, 5.41) is 12.6. The fourth-order valence-corrected chi connectivity index (χ4v) is 2.60. The van der Waals surface area contributed by atoms with Gasteiger partial charge in [0.15, 0.2) is 5.65 Å². The first-order chi connectivity index (χ1) is 8.86. The summed E-state index contributed by atoms with van der Waals surface area (Å²) < 4.78 is 1.94. The van der Waals surface area contributed by atoms with Crippen LogP contribution in [0.15, 0.2) is 24.5 Å². The van der Waals surface area contributed by atoms with Crippen LogP contribution in [0.4, 0.5) is 0 Å². The van der Waals surface area contributed by atoms with Crippen LogP contribution >= 0.6 is 0 Å². The second-order valence-corrected chi connectivity index (χ2v) is 4.85. The maximum atomic E-state index is 9.05. The number of hydrogen-bond acceptors (Lipinski definition) is 3. The highest BCUT2D eigenvalue weighted by Gasteiger charge is 2.15. The minimum Gasteiger partial charge on any atom is -0.314 e. The third-order valence-corrected chi connectivity index (χ3v) is 3.52. The largest absolute Gasteiger partial charge is 0.314 e. The third kappa shape index (κ3) is 2.09. The van der Waals surface area contributed by atoms with Gasteiger partial charge in [0.05, 0.1) is 11.3 Å². The van der Waals surface area contributed by atoms with E-state index in [-0.39, 0.29) is 0 Å². The maximum Gasteiger partial charge on any atom is 0.154 e. The maximum absolute atomic E-state index is 9.05. The van der Waals surface area contributed by atoms with Gasteiger partial charge in [-0.1, -0.05) is 6.42 Å². The molecule has 92 valence electrons. The molecule has 0 unspecified atom stereocenters. The van der Waals surface area contributed by atoms with Gasteiger partial charge >= 0.3 is 0 Å². The molecule has 1 atom stereocenters. The molecule has 1 fully saturated rings. The smallest absolute Gasteiger partial charge is 0.154 e. The van der Waals surface area contributed by atoms with Gasteiger partial charge in [0.2, 0.25) is 0 Å². The zero-order valence-corrected chi connectivity index (χ0v) is 10.3. The molecular formula is C14H16N4. The van der Waals surface area contributed by atoms with E-state index in [0.29, 0.717) is 11.6 Å². The van der Waals surface area contributed by atoms with Crippen LogP contribution < -0.4 is 5.32 Å². The summed E-state index contributed by atoms with van der Waals surface area (Å²) in [6, 6.07) is 6.42. The number of pyridine rings is 1. The minimum atomic E-state index is 0.536. The lowest BCUT2D eigenvalue weighted by Crippen LogP contribution is -2.35. The average molecular weight is 240 g/mol. The number of nitrogens with one attached hydrogen (secondary N) is 1. The number of piperidine rings is 1. The summed E-state index contributed by atoms with van der Waals surface area (Å²) in [5.74, 6) is 0. The number of imidazole rings is 1. The Hall–Kier alpha value is -1.86. The van der Waals surface area contributed by atoms with Crippen molar-refractivity contribution in [3.63, 3.8) is 0 Å². The van der Waals surface area contributed by atoms with Crippen molar-refractivity contribution in [1.29, 1.82) is 5.26 Å². The van der Waals surface area contributed by atoms with Crippen molar-refractivity contribution in [3.8, 4) is 6.07 Å². The van der Waals surface area contributed by atoms with E-state index in [1.54, 1.807) is 0 Å². The van der Waals surface area contributed by atoms with Crippen molar-refractivity contribution >= 4 is 5.65 Å². The van der Waals surface area contributed by atoms with Crippen LogP contribution in [-0.2, 0) is 6.42 Å². The van der Waals surface area contributed by atoms with Crippen LogP contribution in [0.1, 0.15) is 30.5 Å². The zero-order chi connectivity index (χ0) is 12.4. The monoisotopic (exact) mass is 240 g/mol. The van der Waals surface area contributed by atoms with Crippen molar-refractivity contribution < 1.29 is 0 Å². The van der Waals surface area contributed by atoms with Gasteiger partial charge in [0.25, 0.3) is 0 Å². The Bertz CT molecular complexity index is 587. The summed E-state index contributed by atoms with van der Waals surface area (Å²) in [6.07, 6.45) is 8.73. The van der Waals surface area contributed by atoms with Gasteiger partial charge in [-0.25, -0.2) is 4.98 Å². The third-order valence-electron chi connectivity index (χ3n) is 3.52. The molecule has 0 spiro atoms. The Balaban J connectivity index is 1.87. The van der Waals surface area contributed by atoms with Crippen molar-refractivity contribution in [2.24, 2.45) is 0 Å². The fourth-order valence-electron chi connectivity index (χ4n) is 2.60. The van der Waals surface area contributed by atoms with Crippen molar-refractivity contribution in [3.05, 3.63) is 35.8 Å². The van der Waals surface area contributed by atoms with Gasteiger partial charge in [0, 0.05) is 24.9 Å². The number of nitriles is 1. The van der Waals surface area contributed by atoms with E-state index in [0.717, 1.165) is 24.3 Å². The quantitative estimate of drug-likeness (QED) is 0.872. The van der Waals surface area contributed by atoms with Gasteiger partial charge in [-0.3, -0.25) is 0 Å². The molecular weight excluding hydrogens is 224 g/mol. The lowest BCUT2D eigenvalue weighted by atomic mass is 10.0. The average Bonchev–Trinajstić information content (AvgIpc) is 2.82. The van der Waals surface area contributed by atoms with Crippen LogP contribution in [0.5, 0.6) is 0 Å². The van der Waals surface area contributed by atoms with E-state index in [4.69, 9.17) is 5.26 Å². The van der Waals surface area contributed by atoms with E-state index in [2.05, 4.69) is 16.4 Å². The number of nitrogens with zero attached hydrogens (tertiary/aromatic N) is 3. The van der Waals surface area contributed by atoms with Crippen molar-refractivity contribution in [2.75, 3.05) is 6.54 Å². The zero-order valence-electron chi connectivity index (χ0n) is 10.3. The molecule has 0 saturated carbocycles. The molecule has 1 aliphatic heterocycles. The summed E-state index contributed by atoms with van der Waals surface area (Å²) in [6.45, 7) is 1.11. The van der Waals surface area contributed by atoms with Crippen LogP contribution in [-0.4, -0.2) is 22.0 Å². The molecule has 18 heavy (non-hydrogen) atoms. The van der Waals surface area contributed by atoms with E-state index in [1.807, 2.05) is 28.9 Å². The van der Waals surface area contributed by atoms with Gasteiger partial charge < -0.3 is 9.72 Å². The van der Waals surface area contributed by atoms with Crippen molar-refractivity contribution in [1.82, 2.24) is 14.7 Å². The number of rotatable bonds is 2. The standard InChI is InChI=1S/C14H16N4/c15-9-11-4-3-7-18-10-13(17-14(11)18)8-12-5-1-2-6-16-12/h3-4,7,10,12,16H,1-2,5-6,8H2/t12-/m0/s1. The van der Waals surface area contributed by atoms with E-state index >= 15 is 0 Å². The number of aromatic nitrogens is 2. The topological polar surface area (TPSA) is 53.1 Å². The Morgan fingerprint density at radius 1 is 1.50 bits per heavy atom. The van der Waals surface area contributed by atoms with E-state index in [9.17, 15) is 0 Å². The molecule has 3 heterocycles. The van der Waals surface area contributed by atoms with Crippen molar-refractivity contribution in [2.45, 2.75) is 31.7 Å². The predicted octanol–water partition coefficient (Wildman–Crippen LogP) is 1.89. The molecule has 1 aliphatic rings. The van der Waals surface area contributed by atoms with Gasteiger partial charge in [-0.2, -0.15) is 5.26 Å². The first-order valence-corrected chi connectivity index (χ1v) is 6.47. The van der Waals surface area contributed by atoms with Gasteiger partial charge in [-0.15, -0.1) is 0 Å². The summed E-state index contributed by atoms with van der Waals surface area (Å²) >= 11 is 0. The predicted molar refractivity (Wildman–Crippen MR) is 69.3 cm³/mol. The molecule has 2 aromatic rings. The number of hydrogen-bond donors (Lipinski definition) is 1. The summed E-state index contributed by atoms with van der Waals surface area (Å²) in [5.41, 5.74) is 2.48. The summed E-state index contributed by atoms with van der Waals surface area (Å²) in [7, 11) is 0. The Morgan fingerprint density at radius 3 is 3.22 bits per heavy atom. The van der Waals surface area contributed by atoms with E-state index < -0.39 is 0 Å². The van der Waals surface area contributed by atoms with Crippen LogP contribution in [0.3, 0.4) is 0 Å². The second-order valence-electron chi connectivity index (χ2n) is 4.85. The van der Waals surface area contributed by atoms with Crippen LogP contribution in [0.2, 0.25) is 0 Å². The highest BCUT2D eigenvalue weighted by molar-refractivity contribution is 5.55. The molecule has 0 radical (unpaired) electrons. The Labute approximate surface area is 106 Å². The molecule has 3 rings (SSSR count). The SMILES string of the molecule is N#Cc1cccn2cc(C[C@@H]3CCCCN3)nc12. The Morgan fingerprint density at radius 2 is 2.44 bits per heavy atom. The first-order valence-electron chi connectivity index (χ1n) is 6.47. The normalized spacial score (nSPS) is 19.8. The van der Waals surface area contributed by atoms with Gasteiger partial charge in [-0.05, 0) is 31.5 Å². The molecule has 0 aromatic carbocycles. The minimum absolute atomic E-state index is 0.536. The molecule has 0 aliphatic carbocycles. The highest BCUT2D eigenvalue weighted by atomic mass is 15.0. The lowest BCUT2D eigenvalue weighted by molar-refractivity contribution is 0.397. The molecule has 0 bridgehead atoms. The molecule has 2 aromatic heterocycles. The fraction of sp³-hybridized carbons (Fsp3) is 0.429. The molecule has 4 heteroatoms. The van der Waals surface area contributed by atoms with Gasteiger partial charge in [0.1, 0.15) is 6.07 Å². The number of fused-ring (bicyclic) bond motifs is 1. The highest BCUT2D eigenvalue weighted by Crippen LogP contribution is 2.15. The first kappa shape index (κ1) is 11.2. The molecule has 4 nitrogen and oxygen atoms in total.